The van der Waals surface area contributed by atoms with Gasteiger partial charge in [-0.05, 0) is 0 Å². The normalized spacial score (nSPS) is 8.83. The van der Waals surface area contributed by atoms with Crippen molar-refractivity contribution in [2.75, 3.05) is 0 Å². The van der Waals surface area contributed by atoms with Crippen LogP contribution in [0.5, 0.6) is 0 Å². The Morgan fingerprint density at radius 1 is 1.25 bits per heavy atom. The highest BCUT2D eigenvalue weighted by Crippen LogP contribution is 1.99. The van der Waals surface area contributed by atoms with Crippen molar-refractivity contribution < 1.29 is 13.8 Å². The lowest BCUT2D eigenvalue weighted by Crippen LogP contribution is -2.07. The molecule has 0 saturated heterocycles. The molecular weight excluding hydrogens is 207 g/mol. The van der Waals surface area contributed by atoms with E-state index in [1.807, 2.05) is 0 Å². The highest BCUT2D eigenvalue weighted by atomic mass is 35.5. The molecule has 0 aliphatic heterocycles. The number of rotatable bonds is 3. The minimum absolute atomic E-state index is 0.0456. The van der Waals surface area contributed by atoms with Crippen LogP contribution < -0.4 is 0 Å². The summed E-state index contributed by atoms with van der Waals surface area (Å²) in [7, 11) is 0. The molecular formula is C5H6Cl2N2O3. The molecule has 0 heterocycles. The summed E-state index contributed by atoms with van der Waals surface area (Å²) in [5.41, 5.74) is -1.07. The zero-order valence-corrected chi connectivity index (χ0v) is 7.41. The smallest absolute Gasteiger partial charge is 0.400 e. The van der Waals surface area contributed by atoms with Crippen LogP contribution in [-0.2, 0) is 9.03 Å². The first-order valence-corrected chi connectivity index (χ1v) is 3.55. The van der Waals surface area contributed by atoms with Gasteiger partial charge in [-0.2, -0.15) is 0 Å². The van der Waals surface area contributed by atoms with Crippen molar-refractivity contribution in [2.45, 2.75) is 12.8 Å². The third-order valence-electron chi connectivity index (χ3n) is 0.876. The lowest BCUT2D eigenvalue weighted by atomic mass is 10.3. The van der Waals surface area contributed by atoms with Crippen molar-refractivity contribution in [1.82, 2.24) is 0 Å². The van der Waals surface area contributed by atoms with E-state index < -0.39 is 5.43 Å². The summed E-state index contributed by atoms with van der Waals surface area (Å²) in [5.74, 6) is -0.527. The zero-order chi connectivity index (χ0) is 9.56. The second-order valence-corrected chi connectivity index (χ2v) is 2.23. The van der Waals surface area contributed by atoms with Crippen LogP contribution in [0, 0.1) is 10.8 Å². The molecule has 0 spiro atoms. The fourth-order valence-corrected chi connectivity index (χ4v) is 0.584. The van der Waals surface area contributed by atoms with Crippen molar-refractivity contribution in [3.63, 3.8) is 0 Å². The largest absolute Gasteiger partial charge is 0.410 e. The van der Waals surface area contributed by atoms with Crippen LogP contribution in [0.1, 0.15) is 12.8 Å². The molecule has 5 nitrogen and oxygen atoms in total. The second kappa shape index (κ2) is 5.79. The van der Waals surface area contributed by atoms with Crippen LogP contribution in [0.4, 0.5) is 4.79 Å². The molecule has 0 rings (SSSR count). The summed E-state index contributed by atoms with van der Waals surface area (Å²) in [6.45, 7) is 0. The van der Waals surface area contributed by atoms with E-state index in [4.69, 9.17) is 34.3 Å². The Balaban J connectivity index is 3.57. The predicted molar refractivity (Wildman–Crippen MR) is 44.0 cm³/mol. The third-order valence-corrected chi connectivity index (χ3v) is 1.14. The van der Waals surface area contributed by atoms with Crippen molar-refractivity contribution in [1.29, 1.82) is 10.8 Å². The van der Waals surface area contributed by atoms with Gasteiger partial charge in [0.2, 0.25) is 5.90 Å². The van der Waals surface area contributed by atoms with E-state index in [0.717, 1.165) is 0 Å². The zero-order valence-electron chi connectivity index (χ0n) is 5.89. The van der Waals surface area contributed by atoms with Gasteiger partial charge >= 0.3 is 5.43 Å². The van der Waals surface area contributed by atoms with Crippen LogP contribution in [0.2, 0.25) is 0 Å². The molecule has 7 heteroatoms. The minimum Gasteiger partial charge on any atom is -0.400 e. The average Bonchev–Trinajstić information content (AvgIpc) is 1.99. The van der Waals surface area contributed by atoms with Gasteiger partial charge in [0.1, 0.15) is 11.9 Å². The van der Waals surface area contributed by atoms with Gasteiger partial charge in [0.05, 0.1) is 0 Å². The molecule has 0 bridgehead atoms. The average molecular weight is 213 g/mol. The summed E-state index contributed by atoms with van der Waals surface area (Å²) in [5, 5.41) is 13.9. The predicted octanol–water partition coefficient (Wildman–Crippen LogP) is 2.27. The Kier molecular flexibility index (Phi) is 5.40. The van der Waals surface area contributed by atoms with Gasteiger partial charge in [-0.1, -0.05) is 0 Å². The van der Waals surface area contributed by atoms with Crippen molar-refractivity contribution in [3.8, 4) is 0 Å². The molecule has 68 valence electrons. The van der Waals surface area contributed by atoms with Gasteiger partial charge in [-0.15, -0.1) is 0 Å². The third kappa shape index (κ3) is 5.94. The van der Waals surface area contributed by atoms with Crippen LogP contribution >= 0.6 is 23.5 Å². The molecule has 0 radical (unpaired) electrons. The fourth-order valence-electron chi connectivity index (χ4n) is 0.414. The maximum absolute atomic E-state index is 10.1. The summed E-state index contributed by atoms with van der Waals surface area (Å²) < 4.78 is 8.15. The van der Waals surface area contributed by atoms with Crippen LogP contribution in [0.25, 0.3) is 0 Å². The van der Waals surface area contributed by atoms with Crippen molar-refractivity contribution in [3.05, 3.63) is 0 Å². The van der Waals surface area contributed by atoms with Gasteiger partial charge in [-0.25, -0.2) is 4.79 Å². The monoisotopic (exact) mass is 212 g/mol. The first kappa shape index (κ1) is 11.2. The molecule has 0 aromatic heterocycles. The Morgan fingerprint density at radius 2 is 1.75 bits per heavy atom. The van der Waals surface area contributed by atoms with E-state index in [1.54, 1.807) is 0 Å². The van der Waals surface area contributed by atoms with Gasteiger partial charge in [0.15, 0.2) is 5.90 Å². The molecule has 0 aromatic rings. The Labute approximate surface area is 78.7 Å². The van der Waals surface area contributed by atoms with Crippen LogP contribution in [0.15, 0.2) is 0 Å². The van der Waals surface area contributed by atoms with E-state index in [9.17, 15) is 4.79 Å². The number of halogens is 2. The number of hydrogen-bond acceptors (Lipinski definition) is 5. The van der Waals surface area contributed by atoms with Gasteiger partial charge in [0, 0.05) is 24.4 Å². The van der Waals surface area contributed by atoms with Crippen molar-refractivity contribution in [2.24, 2.45) is 0 Å². The van der Waals surface area contributed by atoms with Gasteiger partial charge < -0.3 is 9.03 Å². The summed E-state index contributed by atoms with van der Waals surface area (Å²) in [6, 6.07) is 0. The molecule has 0 unspecified atom stereocenters. The second-order valence-electron chi connectivity index (χ2n) is 1.76. The van der Waals surface area contributed by atoms with E-state index in [1.165, 1.54) is 0 Å². The van der Waals surface area contributed by atoms with E-state index in [-0.39, 0.29) is 24.6 Å². The SMILES string of the molecule is N=C(CCC(=N)OC(=O)Cl)OCl. The number of carbonyl (C=O) groups excluding carboxylic acids is 1. The Bertz CT molecular complexity index is 207. The minimum atomic E-state index is -1.07. The molecule has 0 aliphatic carbocycles. The Morgan fingerprint density at radius 3 is 2.17 bits per heavy atom. The molecule has 0 saturated carbocycles. The quantitative estimate of drug-likeness (QED) is 0.428. The highest BCUT2D eigenvalue weighted by molar-refractivity contribution is 6.61. The first-order chi connectivity index (χ1) is 5.56. The summed E-state index contributed by atoms with van der Waals surface area (Å²) in [6.07, 6.45) is 0.135. The van der Waals surface area contributed by atoms with Gasteiger partial charge in [0.25, 0.3) is 0 Å². The molecule has 0 atom stereocenters. The van der Waals surface area contributed by atoms with Crippen molar-refractivity contribution >= 4 is 40.7 Å². The summed E-state index contributed by atoms with van der Waals surface area (Å²) >= 11 is 9.62. The van der Waals surface area contributed by atoms with E-state index in [2.05, 4.69) is 9.03 Å². The fraction of sp³-hybridized carbons (Fsp3) is 0.400. The first-order valence-electron chi connectivity index (χ1n) is 2.87. The Hall–Kier alpha value is -0.810. The topological polar surface area (TPSA) is 83.2 Å². The highest BCUT2D eigenvalue weighted by Gasteiger charge is 2.05. The van der Waals surface area contributed by atoms with Crippen LogP contribution in [-0.4, -0.2) is 17.2 Å². The van der Waals surface area contributed by atoms with Gasteiger partial charge in [-0.3, -0.25) is 10.8 Å². The number of carbonyl (C=O) groups is 1. The van der Waals surface area contributed by atoms with E-state index in [0.29, 0.717) is 0 Å². The molecule has 2 N–H and O–H groups in total. The number of nitrogens with one attached hydrogen (secondary N) is 2. The number of ether oxygens (including phenoxy) is 1. The molecule has 0 amide bonds. The maximum atomic E-state index is 10.1. The molecule has 0 aliphatic rings. The van der Waals surface area contributed by atoms with Crippen LogP contribution in [0.3, 0.4) is 0 Å². The molecule has 0 fully saturated rings. The maximum Gasteiger partial charge on any atom is 0.410 e. The number of hydrogen-bond donors (Lipinski definition) is 2. The molecule has 0 aromatic carbocycles. The summed E-state index contributed by atoms with van der Waals surface area (Å²) in [4.78, 5) is 10.1. The lowest BCUT2D eigenvalue weighted by molar-refractivity contribution is 0.221. The molecule has 12 heavy (non-hydrogen) atoms. The lowest BCUT2D eigenvalue weighted by Gasteiger charge is -2.00. The van der Waals surface area contributed by atoms with E-state index >= 15 is 0 Å². The standard InChI is InChI=1S/C5H6Cl2N2O3/c6-5(10)11-3(8)1-2-4(9)12-7/h8-9H,1-2H2.